The van der Waals surface area contributed by atoms with Gasteiger partial charge >= 0.3 is 0 Å². The van der Waals surface area contributed by atoms with Gasteiger partial charge in [0.25, 0.3) is 0 Å². The van der Waals surface area contributed by atoms with Crippen molar-refractivity contribution in [3.63, 3.8) is 0 Å². The Hall–Kier alpha value is -4.45. The summed E-state index contributed by atoms with van der Waals surface area (Å²) in [4.78, 5) is 8.26. The lowest BCUT2D eigenvalue weighted by atomic mass is 10.1. The number of nitrogens with zero attached hydrogens (tertiary/aromatic N) is 5. The van der Waals surface area contributed by atoms with Gasteiger partial charge < -0.3 is 4.98 Å². The number of imidazole rings is 1. The molecule has 0 amide bonds. The molecule has 6 heteroatoms. The van der Waals surface area contributed by atoms with Gasteiger partial charge in [-0.15, -0.1) is 0 Å². The van der Waals surface area contributed by atoms with E-state index in [1.54, 1.807) is 0 Å². The molecule has 0 radical (unpaired) electrons. The first kappa shape index (κ1) is 18.3. The number of benzene rings is 3. The number of hydrogen-bond donors (Lipinski definition) is 1. The number of H-pyrrole nitrogens is 1. The highest BCUT2D eigenvalue weighted by molar-refractivity contribution is 5.84. The van der Waals surface area contributed by atoms with Crippen LogP contribution >= 0.6 is 0 Å². The highest BCUT2D eigenvalue weighted by atomic mass is 15.3. The zero-order valence-corrected chi connectivity index (χ0v) is 17.5. The van der Waals surface area contributed by atoms with E-state index in [-0.39, 0.29) is 0 Å². The Morgan fingerprint density at radius 2 is 1.47 bits per heavy atom. The van der Waals surface area contributed by atoms with E-state index >= 15 is 0 Å². The summed E-state index contributed by atoms with van der Waals surface area (Å²) >= 11 is 0. The van der Waals surface area contributed by atoms with Gasteiger partial charge in [0, 0.05) is 18.0 Å². The summed E-state index contributed by atoms with van der Waals surface area (Å²) in [7, 11) is 0. The SMILES string of the molecule is Cc1cnn(-c2ccc(-n3cc(-c4nc5ccccc5[nH]4)c(-c4ccccc4)n3)cc2)c1. The van der Waals surface area contributed by atoms with Crippen molar-refractivity contribution in [1.82, 2.24) is 29.5 Å². The van der Waals surface area contributed by atoms with E-state index in [1.165, 1.54) is 0 Å². The molecule has 0 aliphatic rings. The number of aromatic amines is 1. The van der Waals surface area contributed by atoms with Gasteiger partial charge in [-0.3, -0.25) is 0 Å². The van der Waals surface area contributed by atoms with Gasteiger partial charge in [0.2, 0.25) is 0 Å². The molecule has 0 aliphatic heterocycles. The van der Waals surface area contributed by atoms with E-state index in [0.29, 0.717) is 0 Å². The van der Waals surface area contributed by atoms with Crippen LogP contribution < -0.4 is 0 Å². The van der Waals surface area contributed by atoms with Crippen molar-refractivity contribution in [2.45, 2.75) is 6.92 Å². The summed E-state index contributed by atoms with van der Waals surface area (Å²) < 4.78 is 3.78. The van der Waals surface area contributed by atoms with Crippen LogP contribution in [0.25, 0.3) is 45.1 Å². The minimum absolute atomic E-state index is 0.805. The zero-order chi connectivity index (χ0) is 21.5. The summed E-state index contributed by atoms with van der Waals surface area (Å²) in [6.45, 7) is 2.03. The van der Waals surface area contributed by atoms with Crippen LogP contribution in [0.2, 0.25) is 0 Å². The van der Waals surface area contributed by atoms with Crippen LogP contribution in [-0.4, -0.2) is 29.5 Å². The van der Waals surface area contributed by atoms with Crippen molar-refractivity contribution in [1.29, 1.82) is 0 Å². The first-order valence-corrected chi connectivity index (χ1v) is 10.5. The number of hydrogen-bond acceptors (Lipinski definition) is 3. The van der Waals surface area contributed by atoms with Crippen molar-refractivity contribution in [3.8, 4) is 34.0 Å². The summed E-state index contributed by atoms with van der Waals surface area (Å²) in [5.74, 6) is 0.805. The fraction of sp³-hybridized carbons (Fsp3) is 0.0385. The monoisotopic (exact) mass is 416 g/mol. The van der Waals surface area contributed by atoms with Gasteiger partial charge in [0.05, 0.1) is 34.2 Å². The second-order valence-electron chi connectivity index (χ2n) is 7.78. The summed E-state index contributed by atoms with van der Waals surface area (Å²) in [6, 6.07) is 26.5. The maximum atomic E-state index is 4.94. The van der Waals surface area contributed by atoms with Gasteiger partial charge in [0.1, 0.15) is 11.5 Å². The van der Waals surface area contributed by atoms with E-state index in [1.807, 2.05) is 89.5 Å². The first-order chi connectivity index (χ1) is 15.7. The molecule has 0 atom stereocenters. The van der Waals surface area contributed by atoms with Crippen molar-refractivity contribution in [3.05, 3.63) is 103 Å². The molecule has 3 heterocycles. The number of aromatic nitrogens is 6. The maximum absolute atomic E-state index is 4.94. The highest BCUT2D eigenvalue weighted by Crippen LogP contribution is 2.31. The van der Waals surface area contributed by atoms with Crippen LogP contribution in [0.1, 0.15) is 5.56 Å². The summed E-state index contributed by atoms with van der Waals surface area (Å²) in [5.41, 5.74) is 7.94. The van der Waals surface area contributed by atoms with Gasteiger partial charge in [-0.1, -0.05) is 42.5 Å². The Bertz CT molecular complexity index is 1490. The fourth-order valence-corrected chi connectivity index (χ4v) is 3.88. The molecular weight excluding hydrogens is 396 g/mol. The smallest absolute Gasteiger partial charge is 0.142 e. The molecular formula is C26H20N6. The van der Waals surface area contributed by atoms with Crippen LogP contribution in [0.15, 0.2) is 97.5 Å². The third-order valence-electron chi connectivity index (χ3n) is 5.50. The number of nitrogens with one attached hydrogen (secondary N) is 1. The molecule has 6 rings (SSSR count). The van der Waals surface area contributed by atoms with Gasteiger partial charge in [-0.05, 0) is 48.9 Å². The largest absolute Gasteiger partial charge is 0.338 e. The second-order valence-corrected chi connectivity index (χ2v) is 7.78. The molecule has 1 N–H and O–H groups in total. The third-order valence-corrected chi connectivity index (χ3v) is 5.50. The van der Waals surface area contributed by atoms with Crippen molar-refractivity contribution >= 4 is 11.0 Å². The molecule has 32 heavy (non-hydrogen) atoms. The Labute approximate surface area is 184 Å². The molecule has 0 bridgehead atoms. The Morgan fingerprint density at radius 1 is 0.750 bits per heavy atom. The average molecular weight is 416 g/mol. The number of para-hydroxylation sites is 2. The normalized spacial score (nSPS) is 11.3. The molecule has 154 valence electrons. The average Bonchev–Trinajstić information content (AvgIpc) is 3.57. The Kier molecular flexibility index (Phi) is 4.21. The quantitative estimate of drug-likeness (QED) is 0.408. The second kappa shape index (κ2) is 7.35. The summed E-state index contributed by atoms with van der Waals surface area (Å²) in [6.07, 6.45) is 5.90. The van der Waals surface area contributed by atoms with Crippen molar-refractivity contribution in [2.75, 3.05) is 0 Å². The van der Waals surface area contributed by atoms with Crippen LogP contribution in [0, 0.1) is 6.92 Å². The molecule has 3 aromatic heterocycles. The lowest BCUT2D eigenvalue weighted by Crippen LogP contribution is -1.97. The predicted octanol–water partition coefficient (Wildman–Crippen LogP) is 5.58. The molecule has 0 spiro atoms. The topological polar surface area (TPSA) is 64.3 Å². The molecule has 0 saturated carbocycles. The first-order valence-electron chi connectivity index (χ1n) is 10.5. The van der Waals surface area contributed by atoms with Crippen LogP contribution in [-0.2, 0) is 0 Å². The number of fused-ring (bicyclic) bond motifs is 1. The number of rotatable bonds is 4. The van der Waals surface area contributed by atoms with E-state index in [2.05, 4.69) is 34.3 Å². The molecule has 0 fully saturated rings. The van der Waals surface area contributed by atoms with Gasteiger partial charge in [0.15, 0.2) is 0 Å². The zero-order valence-electron chi connectivity index (χ0n) is 17.5. The highest BCUT2D eigenvalue weighted by Gasteiger charge is 2.17. The van der Waals surface area contributed by atoms with Crippen molar-refractivity contribution < 1.29 is 0 Å². The number of aryl methyl sites for hydroxylation is 1. The van der Waals surface area contributed by atoms with E-state index < -0.39 is 0 Å². The van der Waals surface area contributed by atoms with Crippen LogP contribution in [0.3, 0.4) is 0 Å². The Balaban J connectivity index is 1.46. The Morgan fingerprint density at radius 3 is 2.19 bits per heavy atom. The molecule has 6 nitrogen and oxygen atoms in total. The van der Waals surface area contributed by atoms with E-state index in [0.717, 1.165) is 50.6 Å². The van der Waals surface area contributed by atoms with Crippen molar-refractivity contribution in [2.24, 2.45) is 0 Å². The lowest BCUT2D eigenvalue weighted by Gasteiger charge is -2.04. The fourth-order valence-electron chi connectivity index (χ4n) is 3.88. The standard InChI is InChI=1S/C26H20N6/c1-18-15-27-31(16-18)20-11-13-21(14-12-20)32-17-22(25(30-32)19-7-3-2-4-8-19)26-28-23-9-5-6-10-24(23)29-26/h2-17H,1H3,(H,28,29). The minimum Gasteiger partial charge on any atom is -0.338 e. The van der Waals surface area contributed by atoms with Gasteiger partial charge in [-0.25, -0.2) is 14.3 Å². The third kappa shape index (κ3) is 3.18. The molecule has 3 aromatic carbocycles. The van der Waals surface area contributed by atoms with Gasteiger partial charge in [-0.2, -0.15) is 10.2 Å². The van der Waals surface area contributed by atoms with Crippen LogP contribution in [0.5, 0.6) is 0 Å². The van der Waals surface area contributed by atoms with E-state index in [4.69, 9.17) is 10.1 Å². The molecule has 6 aromatic rings. The predicted molar refractivity (Wildman–Crippen MR) is 126 cm³/mol. The molecule has 0 saturated heterocycles. The minimum atomic E-state index is 0.805. The van der Waals surface area contributed by atoms with E-state index in [9.17, 15) is 0 Å². The molecule has 0 aliphatic carbocycles. The summed E-state index contributed by atoms with van der Waals surface area (Å²) in [5, 5.41) is 9.33. The lowest BCUT2D eigenvalue weighted by molar-refractivity contribution is 0.866. The van der Waals surface area contributed by atoms with Crippen LogP contribution in [0.4, 0.5) is 0 Å². The molecule has 0 unspecified atom stereocenters. The maximum Gasteiger partial charge on any atom is 0.142 e.